The van der Waals surface area contributed by atoms with E-state index in [1.165, 1.54) is 30.0 Å². The quantitative estimate of drug-likeness (QED) is 0.521. The Kier molecular flexibility index (Phi) is 6.47. The van der Waals surface area contributed by atoms with Crippen LogP contribution in [0.3, 0.4) is 0 Å². The molecule has 1 aliphatic heterocycles. The molecule has 0 radical (unpaired) electrons. The van der Waals surface area contributed by atoms with Crippen LogP contribution in [0.4, 0.5) is 9.18 Å². The van der Waals surface area contributed by atoms with Gasteiger partial charge in [0.1, 0.15) is 11.6 Å². The van der Waals surface area contributed by atoms with E-state index < -0.39 is 17.0 Å². The van der Waals surface area contributed by atoms with Crippen molar-refractivity contribution in [3.8, 4) is 0 Å². The number of carbonyl (C=O) groups excluding carboxylic acids is 3. The Balaban J connectivity index is 1.49. The number of rotatable bonds is 7. The first-order chi connectivity index (χ1) is 13.4. The highest BCUT2D eigenvalue weighted by molar-refractivity contribution is 8.18. The predicted molar refractivity (Wildman–Crippen MR) is 104 cm³/mol. The van der Waals surface area contributed by atoms with Crippen LogP contribution < -0.4 is 5.32 Å². The maximum absolute atomic E-state index is 13.7. The lowest BCUT2D eigenvalue weighted by molar-refractivity contribution is -0.123. The fourth-order valence-corrected chi connectivity index (χ4v) is 3.83. The molecule has 0 spiro atoms. The van der Waals surface area contributed by atoms with Gasteiger partial charge < -0.3 is 5.32 Å². The zero-order valence-electron chi connectivity index (χ0n) is 14.8. The van der Waals surface area contributed by atoms with Gasteiger partial charge in [-0.3, -0.25) is 24.4 Å². The molecule has 1 fully saturated rings. The third-order valence-corrected chi connectivity index (χ3v) is 5.39. The van der Waals surface area contributed by atoms with Gasteiger partial charge in [-0.1, -0.05) is 30.0 Å². The summed E-state index contributed by atoms with van der Waals surface area (Å²) in [6.45, 7) is 1.92. The van der Waals surface area contributed by atoms with Crippen LogP contribution in [-0.2, 0) is 9.59 Å². The average Bonchev–Trinajstić information content (AvgIpc) is 3.19. The number of imide groups is 1. The summed E-state index contributed by atoms with van der Waals surface area (Å²) in [5, 5.41) is 9.25. The topological polar surface area (TPSA) is 108 Å². The molecule has 28 heavy (non-hydrogen) atoms. The first-order valence-corrected chi connectivity index (χ1v) is 10.0. The van der Waals surface area contributed by atoms with Crippen molar-refractivity contribution in [1.82, 2.24) is 25.4 Å². The molecular formula is C17H16FN5O3S2. The fourth-order valence-electron chi connectivity index (χ4n) is 2.30. The Bertz CT molecular complexity index is 946. The zero-order chi connectivity index (χ0) is 20.1. The summed E-state index contributed by atoms with van der Waals surface area (Å²) < 4.78 is 13.7. The number of halogens is 1. The van der Waals surface area contributed by atoms with E-state index >= 15 is 0 Å². The molecule has 0 unspecified atom stereocenters. The van der Waals surface area contributed by atoms with Crippen molar-refractivity contribution in [2.24, 2.45) is 0 Å². The van der Waals surface area contributed by atoms with Crippen LogP contribution in [0.25, 0.3) is 6.08 Å². The van der Waals surface area contributed by atoms with Crippen LogP contribution in [0.2, 0.25) is 0 Å². The number of benzene rings is 1. The molecule has 11 heteroatoms. The minimum Gasteiger partial charge on any atom is -0.354 e. The molecule has 2 aromatic rings. The lowest BCUT2D eigenvalue weighted by atomic mass is 10.2. The summed E-state index contributed by atoms with van der Waals surface area (Å²) in [6.07, 6.45) is 1.36. The van der Waals surface area contributed by atoms with Crippen LogP contribution in [0.5, 0.6) is 0 Å². The largest absolute Gasteiger partial charge is 0.354 e. The highest BCUT2D eigenvalue weighted by atomic mass is 32.2. The molecule has 0 atom stereocenters. The maximum atomic E-state index is 13.7. The molecule has 3 rings (SSSR count). The van der Waals surface area contributed by atoms with E-state index in [1.54, 1.807) is 19.1 Å². The van der Waals surface area contributed by atoms with Crippen LogP contribution in [-0.4, -0.2) is 56.0 Å². The van der Waals surface area contributed by atoms with Gasteiger partial charge in [0, 0.05) is 18.7 Å². The number of thioether (sulfide) groups is 2. The number of carbonyl (C=O) groups is 3. The molecule has 3 amide bonds. The lowest BCUT2D eigenvalue weighted by Gasteiger charge is -2.12. The number of aryl methyl sites for hydroxylation is 1. The maximum Gasteiger partial charge on any atom is 0.293 e. The Labute approximate surface area is 168 Å². The molecule has 0 saturated carbocycles. The van der Waals surface area contributed by atoms with Crippen molar-refractivity contribution < 1.29 is 18.8 Å². The van der Waals surface area contributed by atoms with Crippen molar-refractivity contribution >= 4 is 46.7 Å². The molecule has 1 aromatic carbocycles. The Hall–Kier alpha value is -2.66. The van der Waals surface area contributed by atoms with E-state index in [4.69, 9.17) is 0 Å². The van der Waals surface area contributed by atoms with E-state index in [2.05, 4.69) is 20.5 Å². The highest BCUT2D eigenvalue weighted by Crippen LogP contribution is 2.32. The zero-order valence-corrected chi connectivity index (χ0v) is 16.4. The summed E-state index contributed by atoms with van der Waals surface area (Å²) in [7, 11) is 0. The van der Waals surface area contributed by atoms with E-state index in [1.807, 2.05) is 0 Å². The van der Waals surface area contributed by atoms with Crippen LogP contribution in [0.15, 0.2) is 34.3 Å². The Morgan fingerprint density at radius 3 is 2.89 bits per heavy atom. The standard InChI is InChI=1S/C17H16FN5O3S2/c1-10-20-16(22-21-10)27-9-14(24)19-6-7-23-15(25)13(28-17(23)26)8-11-4-2-3-5-12(11)18/h2-5,8H,6-7,9H2,1H3,(H,19,24)(H,20,21,22)/b13-8-. The molecular weight excluding hydrogens is 405 g/mol. The van der Waals surface area contributed by atoms with Gasteiger partial charge in [0.25, 0.3) is 11.1 Å². The number of amides is 3. The van der Waals surface area contributed by atoms with E-state index in [-0.39, 0.29) is 35.2 Å². The Morgan fingerprint density at radius 1 is 1.39 bits per heavy atom. The fraction of sp³-hybridized carbons (Fsp3) is 0.235. The molecule has 1 saturated heterocycles. The molecule has 2 N–H and O–H groups in total. The first-order valence-electron chi connectivity index (χ1n) is 8.22. The van der Waals surface area contributed by atoms with Crippen molar-refractivity contribution in [2.45, 2.75) is 12.1 Å². The molecule has 146 valence electrons. The van der Waals surface area contributed by atoms with Gasteiger partial charge in [-0.2, -0.15) is 0 Å². The molecule has 0 aliphatic carbocycles. The number of hydrogen-bond donors (Lipinski definition) is 2. The third kappa shape index (κ3) is 4.98. The first kappa shape index (κ1) is 20.1. The van der Waals surface area contributed by atoms with Crippen LogP contribution >= 0.6 is 23.5 Å². The minimum absolute atomic E-state index is 0.0372. The molecule has 8 nitrogen and oxygen atoms in total. The monoisotopic (exact) mass is 421 g/mol. The number of aromatic nitrogens is 3. The van der Waals surface area contributed by atoms with Crippen LogP contribution in [0, 0.1) is 12.7 Å². The van der Waals surface area contributed by atoms with Crippen molar-refractivity contribution in [2.75, 3.05) is 18.8 Å². The molecule has 0 bridgehead atoms. The van der Waals surface area contributed by atoms with E-state index in [9.17, 15) is 18.8 Å². The van der Waals surface area contributed by atoms with Gasteiger partial charge in [0.15, 0.2) is 0 Å². The molecule has 2 heterocycles. The number of nitrogens with zero attached hydrogens (tertiary/aromatic N) is 3. The minimum atomic E-state index is -0.502. The Morgan fingerprint density at radius 2 is 2.18 bits per heavy atom. The van der Waals surface area contributed by atoms with Gasteiger partial charge in [-0.25, -0.2) is 9.37 Å². The second-order valence-corrected chi connectivity index (χ2v) is 7.63. The summed E-state index contributed by atoms with van der Waals surface area (Å²) in [4.78, 5) is 41.6. The molecule has 1 aromatic heterocycles. The van der Waals surface area contributed by atoms with E-state index in [0.29, 0.717) is 11.0 Å². The number of aromatic amines is 1. The highest BCUT2D eigenvalue weighted by Gasteiger charge is 2.34. The van der Waals surface area contributed by atoms with Crippen molar-refractivity contribution in [3.63, 3.8) is 0 Å². The summed E-state index contributed by atoms with van der Waals surface area (Å²) in [5.74, 6) is -0.461. The van der Waals surface area contributed by atoms with Crippen molar-refractivity contribution in [1.29, 1.82) is 0 Å². The second-order valence-electron chi connectivity index (χ2n) is 5.70. The third-order valence-electron chi connectivity index (χ3n) is 3.63. The molecule has 1 aliphatic rings. The predicted octanol–water partition coefficient (Wildman–Crippen LogP) is 2.20. The van der Waals surface area contributed by atoms with Gasteiger partial charge >= 0.3 is 0 Å². The summed E-state index contributed by atoms with van der Waals surface area (Å²) in [5.41, 5.74) is 0.237. The number of nitrogens with one attached hydrogen (secondary N) is 2. The normalized spacial score (nSPS) is 15.5. The second kappa shape index (κ2) is 9.02. The van der Waals surface area contributed by atoms with E-state index in [0.717, 1.165) is 16.7 Å². The smallest absolute Gasteiger partial charge is 0.293 e. The lowest BCUT2D eigenvalue weighted by Crippen LogP contribution is -2.37. The van der Waals surface area contributed by atoms with Gasteiger partial charge in [-0.05, 0) is 30.8 Å². The average molecular weight is 421 g/mol. The SMILES string of the molecule is Cc1nc(SCC(=O)NCCN2C(=O)S/C(=C\c3ccccc3F)C2=O)n[nH]1. The van der Waals surface area contributed by atoms with Crippen molar-refractivity contribution in [3.05, 3.63) is 46.4 Å². The van der Waals surface area contributed by atoms with Gasteiger partial charge in [0.2, 0.25) is 11.1 Å². The van der Waals surface area contributed by atoms with Crippen LogP contribution in [0.1, 0.15) is 11.4 Å². The summed E-state index contributed by atoms with van der Waals surface area (Å²) in [6, 6.07) is 6.00. The van der Waals surface area contributed by atoms with Gasteiger partial charge in [-0.15, -0.1) is 5.10 Å². The number of H-pyrrole nitrogens is 1. The number of hydrogen-bond acceptors (Lipinski definition) is 7. The summed E-state index contributed by atoms with van der Waals surface area (Å²) >= 11 is 1.92. The van der Waals surface area contributed by atoms with Gasteiger partial charge in [0.05, 0.1) is 10.7 Å².